The van der Waals surface area contributed by atoms with Crippen molar-refractivity contribution in [2.24, 2.45) is 5.73 Å². The number of carboxylic acids is 1. The Morgan fingerprint density at radius 1 is 1.37 bits per heavy atom. The SMILES string of the molecule is Cl.N=C(N)Nc1c(C(=O)O)noc1-c1ccccc1. The van der Waals surface area contributed by atoms with Crippen LogP contribution < -0.4 is 11.1 Å². The highest BCUT2D eigenvalue weighted by molar-refractivity contribution is 6.02. The first-order valence-electron chi connectivity index (χ1n) is 4.99. The topological polar surface area (TPSA) is 125 Å². The van der Waals surface area contributed by atoms with E-state index in [-0.39, 0.29) is 29.5 Å². The molecule has 0 saturated heterocycles. The van der Waals surface area contributed by atoms with Gasteiger partial charge in [-0.05, 0) is 0 Å². The van der Waals surface area contributed by atoms with E-state index in [4.69, 9.17) is 20.8 Å². The summed E-state index contributed by atoms with van der Waals surface area (Å²) in [6.07, 6.45) is 0. The number of nitrogens with one attached hydrogen (secondary N) is 2. The van der Waals surface area contributed by atoms with E-state index in [9.17, 15) is 4.79 Å². The first-order chi connectivity index (χ1) is 8.59. The van der Waals surface area contributed by atoms with Gasteiger partial charge in [0.15, 0.2) is 11.7 Å². The van der Waals surface area contributed by atoms with Crippen LogP contribution in [-0.2, 0) is 0 Å². The molecule has 19 heavy (non-hydrogen) atoms. The molecular weight excluding hydrogens is 272 g/mol. The smallest absolute Gasteiger partial charge is 0.360 e. The Hall–Kier alpha value is -2.54. The van der Waals surface area contributed by atoms with Crippen molar-refractivity contribution >= 4 is 30.0 Å². The van der Waals surface area contributed by atoms with Crippen LogP contribution in [-0.4, -0.2) is 22.2 Å². The third-order valence-electron chi connectivity index (χ3n) is 2.19. The lowest BCUT2D eigenvalue weighted by molar-refractivity contribution is 0.0687. The van der Waals surface area contributed by atoms with Gasteiger partial charge in [-0.25, -0.2) is 4.79 Å². The number of aromatic nitrogens is 1. The minimum atomic E-state index is -1.26. The van der Waals surface area contributed by atoms with Crippen LogP contribution >= 0.6 is 12.4 Å². The number of hydrogen-bond acceptors (Lipinski definition) is 4. The lowest BCUT2D eigenvalue weighted by atomic mass is 10.1. The zero-order chi connectivity index (χ0) is 13.1. The second-order valence-electron chi connectivity index (χ2n) is 3.45. The Morgan fingerprint density at radius 2 is 2.00 bits per heavy atom. The third kappa shape index (κ3) is 3.02. The number of hydrogen-bond donors (Lipinski definition) is 4. The average Bonchev–Trinajstić information content (AvgIpc) is 2.73. The zero-order valence-corrected chi connectivity index (χ0v) is 10.4. The van der Waals surface area contributed by atoms with E-state index in [1.165, 1.54) is 0 Å². The van der Waals surface area contributed by atoms with Crippen LogP contribution in [0.25, 0.3) is 11.3 Å². The van der Waals surface area contributed by atoms with Crippen LogP contribution in [0, 0.1) is 5.41 Å². The highest BCUT2D eigenvalue weighted by Gasteiger charge is 2.22. The van der Waals surface area contributed by atoms with Gasteiger partial charge in [0.2, 0.25) is 5.69 Å². The van der Waals surface area contributed by atoms with Crippen LogP contribution in [0.2, 0.25) is 0 Å². The van der Waals surface area contributed by atoms with Crippen LogP contribution in [0.5, 0.6) is 0 Å². The van der Waals surface area contributed by atoms with E-state index in [2.05, 4.69) is 10.5 Å². The molecule has 0 amide bonds. The Balaban J connectivity index is 0.00000180. The number of aromatic carboxylic acids is 1. The molecule has 0 radical (unpaired) electrons. The summed E-state index contributed by atoms with van der Waals surface area (Å²) in [4.78, 5) is 11.0. The molecule has 0 atom stereocenters. The maximum absolute atomic E-state index is 11.0. The molecule has 1 heterocycles. The highest BCUT2D eigenvalue weighted by Crippen LogP contribution is 2.30. The van der Waals surface area contributed by atoms with E-state index in [0.717, 1.165) is 0 Å². The molecule has 5 N–H and O–H groups in total. The predicted octanol–water partition coefficient (Wildman–Crippen LogP) is 1.77. The summed E-state index contributed by atoms with van der Waals surface area (Å²) in [6, 6.07) is 8.83. The summed E-state index contributed by atoms with van der Waals surface area (Å²) in [7, 11) is 0. The zero-order valence-electron chi connectivity index (χ0n) is 9.58. The number of halogens is 1. The first kappa shape index (κ1) is 14.5. The summed E-state index contributed by atoms with van der Waals surface area (Å²) in [5.74, 6) is -1.43. The Morgan fingerprint density at radius 3 is 2.53 bits per heavy atom. The van der Waals surface area contributed by atoms with Crippen molar-refractivity contribution in [2.75, 3.05) is 5.32 Å². The Kier molecular flexibility index (Phi) is 4.49. The first-order valence-corrected chi connectivity index (χ1v) is 4.99. The van der Waals surface area contributed by atoms with Gasteiger partial charge >= 0.3 is 5.97 Å². The minimum Gasteiger partial charge on any atom is -0.476 e. The molecular formula is C11H11ClN4O3. The van der Waals surface area contributed by atoms with Gasteiger partial charge in [0.25, 0.3) is 0 Å². The summed E-state index contributed by atoms with van der Waals surface area (Å²) in [6.45, 7) is 0. The van der Waals surface area contributed by atoms with E-state index in [1.807, 2.05) is 6.07 Å². The summed E-state index contributed by atoms with van der Waals surface area (Å²) in [5, 5.41) is 22.0. The minimum absolute atomic E-state index is 0. The van der Waals surface area contributed by atoms with Crippen LogP contribution in [0.4, 0.5) is 5.69 Å². The van der Waals surface area contributed by atoms with Gasteiger partial charge in [0, 0.05) is 5.56 Å². The molecule has 2 rings (SSSR count). The number of anilines is 1. The lowest BCUT2D eigenvalue weighted by Gasteiger charge is -2.03. The molecule has 0 aliphatic carbocycles. The fraction of sp³-hybridized carbons (Fsp3) is 0. The monoisotopic (exact) mass is 282 g/mol. The fourth-order valence-electron chi connectivity index (χ4n) is 1.47. The van der Waals surface area contributed by atoms with Gasteiger partial charge < -0.3 is 20.7 Å². The molecule has 0 aliphatic heterocycles. The molecule has 0 aliphatic rings. The number of benzene rings is 1. The molecule has 7 nitrogen and oxygen atoms in total. The summed E-state index contributed by atoms with van der Waals surface area (Å²) >= 11 is 0. The number of rotatable bonds is 3. The molecule has 1 aromatic carbocycles. The highest BCUT2D eigenvalue weighted by atomic mass is 35.5. The van der Waals surface area contributed by atoms with Gasteiger partial charge in [-0.1, -0.05) is 35.5 Å². The molecule has 0 unspecified atom stereocenters. The van der Waals surface area contributed by atoms with Crippen molar-refractivity contribution in [1.29, 1.82) is 5.41 Å². The van der Waals surface area contributed by atoms with Crippen molar-refractivity contribution in [1.82, 2.24) is 5.16 Å². The van der Waals surface area contributed by atoms with E-state index in [1.54, 1.807) is 24.3 Å². The van der Waals surface area contributed by atoms with E-state index in [0.29, 0.717) is 5.56 Å². The quantitative estimate of drug-likeness (QED) is 0.502. The molecule has 0 spiro atoms. The van der Waals surface area contributed by atoms with Gasteiger partial charge in [-0.2, -0.15) is 0 Å². The van der Waals surface area contributed by atoms with E-state index >= 15 is 0 Å². The van der Waals surface area contributed by atoms with Crippen molar-refractivity contribution < 1.29 is 14.4 Å². The number of nitrogens with two attached hydrogens (primary N) is 1. The second-order valence-corrected chi connectivity index (χ2v) is 3.45. The maximum Gasteiger partial charge on any atom is 0.360 e. The summed E-state index contributed by atoms with van der Waals surface area (Å²) < 4.78 is 5.00. The van der Waals surface area contributed by atoms with Crippen molar-refractivity contribution in [3.05, 3.63) is 36.0 Å². The molecule has 0 bridgehead atoms. The van der Waals surface area contributed by atoms with Gasteiger partial charge in [-0.15, -0.1) is 12.4 Å². The van der Waals surface area contributed by atoms with E-state index < -0.39 is 11.9 Å². The van der Waals surface area contributed by atoms with Crippen molar-refractivity contribution in [3.63, 3.8) is 0 Å². The van der Waals surface area contributed by atoms with Crippen LogP contribution in [0.15, 0.2) is 34.9 Å². The Bertz CT molecular complexity index is 597. The third-order valence-corrected chi connectivity index (χ3v) is 2.19. The second kappa shape index (κ2) is 5.87. The van der Waals surface area contributed by atoms with Crippen molar-refractivity contribution in [2.45, 2.75) is 0 Å². The van der Waals surface area contributed by atoms with Crippen LogP contribution in [0.3, 0.4) is 0 Å². The Labute approximate surface area is 114 Å². The van der Waals surface area contributed by atoms with Gasteiger partial charge in [0.1, 0.15) is 5.69 Å². The number of carboxylic acid groups (broad SMARTS) is 1. The largest absolute Gasteiger partial charge is 0.476 e. The fourth-order valence-corrected chi connectivity index (χ4v) is 1.47. The van der Waals surface area contributed by atoms with Gasteiger partial charge in [0.05, 0.1) is 0 Å². The normalized spacial score (nSPS) is 9.47. The van der Waals surface area contributed by atoms with Crippen molar-refractivity contribution in [3.8, 4) is 11.3 Å². The van der Waals surface area contributed by atoms with Gasteiger partial charge in [-0.3, -0.25) is 5.41 Å². The number of guanidine groups is 1. The molecule has 0 saturated carbocycles. The number of carbonyl (C=O) groups is 1. The molecule has 100 valence electrons. The predicted molar refractivity (Wildman–Crippen MR) is 71.7 cm³/mol. The molecule has 0 fully saturated rings. The standard InChI is InChI=1S/C11H10N4O3.ClH/c12-11(13)14-7-8(10(16)17)15-18-9(7)6-4-2-1-3-5-6;/h1-5H,(H,16,17)(H4,12,13,14);1H. The molecule has 8 heteroatoms. The number of nitrogens with zero attached hydrogens (tertiary/aromatic N) is 1. The van der Waals surface area contributed by atoms with Crippen LogP contribution in [0.1, 0.15) is 10.5 Å². The molecule has 2 aromatic rings. The summed E-state index contributed by atoms with van der Waals surface area (Å²) in [5.41, 5.74) is 5.60. The molecule has 1 aromatic heterocycles. The average molecular weight is 283 g/mol. The maximum atomic E-state index is 11.0. The lowest BCUT2D eigenvalue weighted by Crippen LogP contribution is -2.22.